The molecule has 0 spiro atoms. The van der Waals surface area contributed by atoms with E-state index in [2.05, 4.69) is 30.3 Å². The highest BCUT2D eigenvalue weighted by Crippen LogP contribution is 2.37. The van der Waals surface area contributed by atoms with Gasteiger partial charge in [-0.1, -0.05) is 35.9 Å². The normalized spacial score (nSPS) is 13.9. The minimum absolute atomic E-state index is 0.0269. The summed E-state index contributed by atoms with van der Waals surface area (Å²) in [6.45, 7) is 5.76. The number of fused-ring (bicyclic) bond motifs is 1. The molecule has 0 saturated heterocycles. The highest BCUT2D eigenvalue weighted by Gasteiger charge is 2.32. The van der Waals surface area contributed by atoms with Gasteiger partial charge in [0.15, 0.2) is 5.82 Å². The van der Waals surface area contributed by atoms with Gasteiger partial charge in [-0.05, 0) is 54.8 Å². The summed E-state index contributed by atoms with van der Waals surface area (Å²) in [4.78, 5) is 14.3. The average Bonchev–Trinajstić information content (AvgIpc) is 3.29. The predicted molar refractivity (Wildman–Crippen MR) is 121 cm³/mol. The molecule has 4 rings (SSSR count). The van der Waals surface area contributed by atoms with Gasteiger partial charge in [0.1, 0.15) is 0 Å². The number of hydrogen-bond donors (Lipinski definition) is 3. The Hall–Kier alpha value is -3.08. The fourth-order valence-corrected chi connectivity index (χ4v) is 5.71. The highest BCUT2D eigenvalue weighted by atomic mass is 35.5. The van der Waals surface area contributed by atoms with Crippen LogP contribution in [0.2, 0.25) is 5.02 Å². The largest absolute Gasteiger partial charge is 0.322 e. The molecule has 32 heavy (non-hydrogen) atoms. The molecule has 166 valence electrons. The van der Waals surface area contributed by atoms with Crippen molar-refractivity contribution in [2.45, 2.75) is 37.6 Å². The van der Waals surface area contributed by atoms with Crippen LogP contribution in [0.15, 0.2) is 52.2 Å². The summed E-state index contributed by atoms with van der Waals surface area (Å²) in [6.07, 6.45) is 0. The number of nitrogens with one attached hydrogen (secondary N) is 3. The lowest BCUT2D eigenvalue weighted by Gasteiger charge is -2.26. The second-order valence-electron chi connectivity index (χ2n) is 7.60. The van der Waals surface area contributed by atoms with Crippen molar-refractivity contribution in [2.24, 2.45) is 0 Å². The van der Waals surface area contributed by atoms with Gasteiger partial charge in [-0.2, -0.15) is 9.94 Å². The molecular formula is C21H21ClN6O3S. The maximum Gasteiger partial charge on any atom is 0.248 e. The Morgan fingerprint density at radius 3 is 2.59 bits per heavy atom. The summed E-state index contributed by atoms with van der Waals surface area (Å²) in [7, 11) is -4.05. The molecule has 0 amide bonds. The lowest BCUT2D eigenvalue weighted by atomic mass is 9.88. The molecule has 0 radical (unpaired) electrons. The molecule has 4 aromatic rings. The molecule has 0 aliphatic rings. The van der Waals surface area contributed by atoms with Crippen molar-refractivity contribution >= 4 is 32.5 Å². The molecular weight excluding hydrogens is 452 g/mol. The van der Waals surface area contributed by atoms with E-state index in [9.17, 15) is 13.2 Å². The molecule has 0 unspecified atom stereocenters. The summed E-state index contributed by atoms with van der Waals surface area (Å²) in [5.41, 5.74) is 2.89. The lowest BCUT2D eigenvalue weighted by Crippen LogP contribution is -2.33. The number of H-pyrrole nitrogens is 2. The van der Waals surface area contributed by atoms with Gasteiger partial charge in [0.25, 0.3) is 0 Å². The molecule has 2 aromatic heterocycles. The van der Waals surface area contributed by atoms with Crippen molar-refractivity contribution in [3.05, 3.63) is 80.4 Å². The lowest BCUT2D eigenvalue weighted by molar-refractivity contribution is 0.496. The quantitative estimate of drug-likeness (QED) is 0.394. The van der Waals surface area contributed by atoms with Crippen LogP contribution in [-0.2, 0) is 10.0 Å². The summed E-state index contributed by atoms with van der Waals surface area (Å²) in [5.74, 6) is -0.226. The van der Waals surface area contributed by atoms with E-state index in [-0.39, 0.29) is 16.3 Å². The monoisotopic (exact) mass is 472 g/mol. The number of rotatable bonds is 6. The van der Waals surface area contributed by atoms with Gasteiger partial charge < -0.3 is 4.98 Å². The minimum atomic E-state index is -4.05. The number of aromatic nitrogens is 5. The van der Waals surface area contributed by atoms with Crippen LogP contribution in [-0.4, -0.2) is 34.0 Å². The van der Waals surface area contributed by atoms with E-state index >= 15 is 0 Å². The molecule has 2 heterocycles. The maximum atomic E-state index is 13.5. The van der Waals surface area contributed by atoms with E-state index in [1.807, 2.05) is 26.8 Å². The molecule has 0 aliphatic carbocycles. The second-order valence-corrected chi connectivity index (χ2v) is 9.69. The number of halogens is 1. The molecule has 2 aromatic carbocycles. The van der Waals surface area contributed by atoms with E-state index in [0.717, 1.165) is 16.7 Å². The van der Waals surface area contributed by atoms with E-state index in [1.54, 1.807) is 18.2 Å². The number of hydrogen-bond acceptors (Lipinski definition) is 6. The number of nitrogens with zero attached hydrogens (tertiary/aromatic N) is 3. The third kappa shape index (κ3) is 4.04. The van der Waals surface area contributed by atoms with Crippen LogP contribution in [0, 0.1) is 13.8 Å². The Labute approximate surface area is 189 Å². The van der Waals surface area contributed by atoms with E-state index in [4.69, 9.17) is 11.6 Å². The van der Waals surface area contributed by atoms with Crippen molar-refractivity contribution in [2.75, 3.05) is 0 Å². The van der Waals surface area contributed by atoms with Gasteiger partial charge in [-0.3, -0.25) is 4.79 Å². The fraction of sp³-hybridized carbons (Fsp3) is 0.238. The Bertz CT molecular complexity index is 1450. The van der Waals surface area contributed by atoms with Crippen LogP contribution >= 0.6 is 11.6 Å². The number of aryl methyl sites for hydroxylation is 1. The first-order chi connectivity index (χ1) is 15.2. The van der Waals surface area contributed by atoms with Crippen molar-refractivity contribution < 1.29 is 8.42 Å². The second kappa shape index (κ2) is 8.45. The van der Waals surface area contributed by atoms with Crippen LogP contribution in [0.1, 0.15) is 41.4 Å². The zero-order valence-electron chi connectivity index (χ0n) is 17.5. The van der Waals surface area contributed by atoms with Crippen LogP contribution < -0.4 is 10.3 Å². The first-order valence-corrected chi connectivity index (χ1v) is 11.7. The molecule has 0 fully saturated rings. The standard InChI is InChI=1S/C21H21ClN6O3S/c1-11-7-9-15(22)19(12(11)2)13(3)20(21-24-27-28-25-21)26-32(30,31)17-6-4-5-16-14(17)8-10-18(29)23-16/h4-10,13,20,26H,1-3H3,(H,23,29)(H,24,25,27,28)/t13-,20+/m1/s1. The van der Waals surface area contributed by atoms with Crippen LogP contribution in [0.4, 0.5) is 0 Å². The van der Waals surface area contributed by atoms with Crippen molar-refractivity contribution in [3.63, 3.8) is 0 Å². The third-order valence-corrected chi connectivity index (χ3v) is 7.45. The van der Waals surface area contributed by atoms with E-state index in [0.29, 0.717) is 15.9 Å². The number of aromatic amines is 2. The summed E-state index contributed by atoms with van der Waals surface area (Å²) in [5, 5.41) is 15.0. The van der Waals surface area contributed by atoms with Crippen LogP contribution in [0.3, 0.4) is 0 Å². The fourth-order valence-electron chi connectivity index (χ4n) is 3.83. The minimum Gasteiger partial charge on any atom is -0.322 e. The van der Waals surface area contributed by atoms with Crippen molar-refractivity contribution in [3.8, 4) is 0 Å². The van der Waals surface area contributed by atoms with Gasteiger partial charge in [-0.15, -0.1) is 10.2 Å². The molecule has 2 atom stereocenters. The highest BCUT2D eigenvalue weighted by molar-refractivity contribution is 7.89. The molecule has 0 saturated carbocycles. The van der Waals surface area contributed by atoms with Gasteiger partial charge in [0, 0.05) is 27.9 Å². The first-order valence-electron chi connectivity index (χ1n) is 9.82. The Morgan fingerprint density at radius 1 is 1.09 bits per heavy atom. The van der Waals surface area contributed by atoms with E-state index < -0.39 is 22.0 Å². The van der Waals surface area contributed by atoms with Crippen LogP contribution in [0.5, 0.6) is 0 Å². The zero-order chi connectivity index (χ0) is 23.0. The number of benzene rings is 2. The predicted octanol–water partition coefficient (Wildman–Crippen LogP) is 3.13. The molecule has 3 N–H and O–H groups in total. The summed E-state index contributed by atoms with van der Waals surface area (Å²) >= 11 is 6.51. The molecule has 11 heteroatoms. The Kier molecular flexibility index (Phi) is 5.85. The molecule has 0 bridgehead atoms. The van der Waals surface area contributed by atoms with E-state index in [1.165, 1.54) is 18.2 Å². The average molecular weight is 473 g/mol. The third-order valence-electron chi connectivity index (χ3n) is 5.62. The van der Waals surface area contributed by atoms with Gasteiger partial charge >= 0.3 is 0 Å². The van der Waals surface area contributed by atoms with Gasteiger partial charge in [0.2, 0.25) is 15.6 Å². The smallest absolute Gasteiger partial charge is 0.248 e. The Balaban J connectivity index is 1.82. The van der Waals surface area contributed by atoms with Gasteiger partial charge in [-0.25, -0.2) is 8.42 Å². The summed E-state index contributed by atoms with van der Waals surface area (Å²) < 4.78 is 29.7. The number of pyridine rings is 1. The molecule has 0 aliphatic heterocycles. The maximum absolute atomic E-state index is 13.5. The summed E-state index contributed by atoms with van der Waals surface area (Å²) in [6, 6.07) is 10.3. The Morgan fingerprint density at radius 2 is 1.88 bits per heavy atom. The number of sulfonamides is 1. The SMILES string of the molecule is Cc1ccc(Cl)c([C@@H](C)[C@H](NS(=O)(=O)c2cccc3[nH]c(=O)ccc23)c2nn[nH]n2)c1C. The van der Waals surface area contributed by atoms with Gasteiger partial charge in [0.05, 0.1) is 10.9 Å². The zero-order valence-corrected chi connectivity index (χ0v) is 19.1. The topological polar surface area (TPSA) is 133 Å². The molecule has 9 nitrogen and oxygen atoms in total. The number of tetrazole rings is 1. The first kappa shape index (κ1) is 22.1. The van der Waals surface area contributed by atoms with Crippen LogP contribution in [0.25, 0.3) is 10.9 Å². The van der Waals surface area contributed by atoms with Crippen molar-refractivity contribution in [1.29, 1.82) is 0 Å². The van der Waals surface area contributed by atoms with Crippen molar-refractivity contribution in [1.82, 2.24) is 30.3 Å².